The van der Waals surface area contributed by atoms with E-state index in [1.807, 2.05) is 12.1 Å². The SMILES string of the molecule is CCC1CCC(C2CCC(c3ccccc3F)CC2)CC1. The summed E-state index contributed by atoms with van der Waals surface area (Å²) in [5.74, 6) is 3.36. The van der Waals surface area contributed by atoms with Crippen LogP contribution in [0.25, 0.3) is 0 Å². The van der Waals surface area contributed by atoms with Gasteiger partial charge in [-0.1, -0.05) is 44.4 Å². The Morgan fingerprint density at radius 1 is 0.857 bits per heavy atom. The van der Waals surface area contributed by atoms with Gasteiger partial charge in [-0.05, 0) is 73.8 Å². The zero-order valence-corrected chi connectivity index (χ0v) is 13.4. The molecule has 0 unspecified atom stereocenters. The van der Waals surface area contributed by atoms with Gasteiger partial charge in [0.15, 0.2) is 0 Å². The first-order valence-corrected chi connectivity index (χ1v) is 9.02. The maximum Gasteiger partial charge on any atom is 0.126 e. The molecule has 2 fully saturated rings. The monoisotopic (exact) mass is 288 g/mol. The summed E-state index contributed by atoms with van der Waals surface area (Å²) in [6, 6.07) is 7.40. The Kier molecular flexibility index (Phi) is 4.98. The van der Waals surface area contributed by atoms with Crippen LogP contribution >= 0.6 is 0 Å². The molecule has 0 aliphatic heterocycles. The minimum Gasteiger partial charge on any atom is -0.207 e. The van der Waals surface area contributed by atoms with Crippen LogP contribution in [-0.4, -0.2) is 0 Å². The van der Waals surface area contributed by atoms with Gasteiger partial charge in [-0.15, -0.1) is 0 Å². The van der Waals surface area contributed by atoms with Crippen molar-refractivity contribution in [3.05, 3.63) is 35.6 Å². The molecule has 0 saturated heterocycles. The van der Waals surface area contributed by atoms with Crippen molar-refractivity contribution in [3.8, 4) is 0 Å². The van der Waals surface area contributed by atoms with Gasteiger partial charge in [-0.25, -0.2) is 4.39 Å². The third-order valence-electron chi connectivity index (χ3n) is 6.25. The molecule has 116 valence electrons. The number of hydrogen-bond donors (Lipinski definition) is 0. The van der Waals surface area contributed by atoms with Crippen molar-refractivity contribution in [1.82, 2.24) is 0 Å². The standard InChI is InChI=1S/C20H29F/c1-2-15-7-9-16(10-8-15)17-11-13-18(14-12-17)19-5-3-4-6-20(19)21/h3-6,15-18H,2,7-14H2,1H3. The Bertz CT molecular complexity index is 437. The number of hydrogen-bond acceptors (Lipinski definition) is 0. The van der Waals surface area contributed by atoms with Crippen molar-refractivity contribution < 1.29 is 4.39 Å². The lowest BCUT2D eigenvalue weighted by atomic mass is 9.68. The second-order valence-corrected chi connectivity index (χ2v) is 7.32. The molecule has 1 aromatic rings. The summed E-state index contributed by atoms with van der Waals surface area (Å²) in [5, 5.41) is 0. The summed E-state index contributed by atoms with van der Waals surface area (Å²) in [6.07, 6.45) is 12.2. The van der Waals surface area contributed by atoms with E-state index in [1.165, 1.54) is 57.8 Å². The van der Waals surface area contributed by atoms with Gasteiger partial charge in [0.2, 0.25) is 0 Å². The molecule has 0 bridgehead atoms. The van der Waals surface area contributed by atoms with Crippen LogP contribution in [0.3, 0.4) is 0 Å². The molecular weight excluding hydrogens is 259 g/mol. The maximum absolute atomic E-state index is 13.9. The summed E-state index contributed by atoms with van der Waals surface area (Å²) >= 11 is 0. The molecule has 1 heteroatoms. The third-order valence-corrected chi connectivity index (χ3v) is 6.25. The molecule has 0 atom stereocenters. The van der Waals surface area contributed by atoms with Crippen molar-refractivity contribution in [3.63, 3.8) is 0 Å². The van der Waals surface area contributed by atoms with E-state index in [1.54, 1.807) is 12.1 Å². The highest BCUT2D eigenvalue weighted by Crippen LogP contribution is 2.44. The van der Waals surface area contributed by atoms with Gasteiger partial charge in [-0.2, -0.15) is 0 Å². The molecule has 2 aliphatic rings. The van der Waals surface area contributed by atoms with Gasteiger partial charge in [-0.3, -0.25) is 0 Å². The fourth-order valence-corrected chi connectivity index (χ4v) is 4.78. The Morgan fingerprint density at radius 3 is 2.00 bits per heavy atom. The van der Waals surface area contributed by atoms with Crippen molar-refractivity contribution in [2.75, 3.05) is 0 Å². The Balaban J connectivity index is 1.53. The Labute approximate surface area is 129 Å². The minimum absolute atomic E-state index is 0.00408. The summed E-state index contributed by atoms with van der Waals surface area (Å²) in [4.78, 5) is 0. The van der Waals surface area contributed by atoms with E-state index in [0.29, 0.717) is 5.92 Å². The lowest BCUT2D eigenvalue weighted by Gasteiger charge is -2.38. The van der Waals surface area contributed by atoms with Crippen molar-refractivity contribution in [1.29, 1.82) is 0 Å². The van der Waals surface area contributed by atoms with Crippen LogP contribution in [0.15, 0.2) is 24.3 Å². The molecule has 0 radical (unpaired) electrons. The quantitative estimate of drug-likeness (QED) is 0.611. The van der Waals surface area contributed by atoms with Crippen LogP contribution in [-0.2, 0) is 0 Å². The fraction of sp³-hybridized carbons (Fsp3) is 0.700. The first kappa shape index (κ1) is 15.1. The summed E-state index contributed by atoms with van der Waals surface area (Å²) in [7, 11) is 0. The highest BCUT2D eigenvalue weighted by Gasteiger charge is 2.31. The average molecular weight is 288 g/mol. The van der Waals surface area contributed by atoms with E-state index in [2.05, 4.69) is 6.92 Å². The second-order valence-electron chi connectivity index (χ2n) is 7.32. The molecule has 0 nitrogen and oxygen atoms in total. The Hall–Kier alpha value is -0.850. The molecule has 0 spiro atoms. The average Bonchev–Trinajstić information content (AvgIpc) is 2.56. The molecule has 21 heavy (non-hydrogen) atoms. The van der Waals surface area contributed by atoms with E-state index in [0.717, 1.165) is 23.3 Å². The first-order valence-electron chi connectivity index (χ1n) is 9.02. The molecule has 0 N–H and O–H groups in total. The van der Waals surface area contributed by atoms with Crippen molar-refractivity contribution in [2.24, 2.45) is 17.8 Å². The van der Waals surface area contributed by atoms with Crippen molar-refractivity contribution in [2.45, 2.75) is 70.6 Å². The van der Waals surface area contributed by atoms with E-state index in [-0.39, 0.29) is 5.82 Å². The summed E-state index contributed by atoms with van der Waals surface area (Å²) in [6.45, 7) is 2.34. The molecular formula is C20H29F. The molecule has 0 heterocycles. The zero-order chi connectivity index (χ0) is 14.7. The highest BCUT2D eigenvalue weighted by molar-refractivity contribution is 5.22. The maximum atomic E-state index is 13.9. The number of rotatable bonds is 3. The smallest absolute Gasteiger partial charge is 0.126 e. The third kappa shape index (κ3) is 3.49. The van der Waals surface area contributed by atoms with Crippen LogP contribution < -0.4 is 0 Å². The molecule has 3 rings (SSSR count). The van der Waals surface area contributed by atoms with Crippen LogP contribution in [0.1, 0.15) is 76.2 Å². The van der Waals surface area contributed by atoms with Crippen LogP contribution in [0.4, 0.5) is 4.39 Å². The van der Waals surface area contributed by atoms with Gasteiger partial charge in [0.1, 0.15) is 5.82 Å². The van der Waals surface area contributed by atoms with Crippen LogP contribution in [0.2, 0.25) is 0 Å². The van der Waals surface area contributed by atoms with E-state index >= 15 is 0 Å². The van der Waals surface area contributed by atoms with Crippen molar-refractivity contribution >= 4 is 0 Å². The predicted molar refractivity (Wildman–Crippen MR) is 86.8 cm³/mol. The molecule has 2 aliphatic carbocycles. The highest BCUT2D eigenvalue weighted by atomic mass is 19.1. The lowest BCUT2D eigenvalue weighted by molar-refractivity contribution is 0.158. The molecule has 2 saturated carbocycles. The predicted octanol–water partition coefficient (Wildman–Crippen LogP) is 6.32. The lowest BCUT2D eigenvalue weighted by Crippen LogP contribution is -2.25. The van der Waals surface area contributed by atoms with Gasteiger partial charge >= 0.3 is 0 Å². The van der Waals surface area contributed by atoms with E-state index in [9.17, 15) is 4.39 Å². The van der Waals surface area contributed by atoms with Gasteiger partial charge < -0.3 is 0 Å². The number of benzene rings is 1. The fourth-order valence-electron chi connectivity index (χ4n) is 4.78. The molecule has 0 amide bonds. The van der Waals surface area contributed by atoms with E-state index in [4.69, 9.17) is 0 Å². The summed E-state index contributed by atoms with van der Waals surface area (Å²) in [5.41, 5.74) is 0.964. The zero-order valence-electron chi connectivity index (χ0n) is 13.4. The Morgan fingerprint density at radius 2 is 1.43 bits per heavy atom. The van der Waals surface area contributed by atoms with Gasteiger partial charge in [0.05, 0.1) is 0 Å². The normalized spacial score (nSPS) is 33.8. The molecule has 1 aromatic carbocycles. The second kappa shape index (κ2) is 6.94. The van der Waals surface area contributed by atoms with Gasteiger partial charge in [0.25, 0.3) is 0 Å². The van der Waals surface area contributed by atoms with Crippen LogP contribution in [0.5, 0.6) is 0 Å². The molecule has 0 aromatic heterocycles. The van der Waals surface area contributed by atoms with E-state index < -0.39 is 0 Å². The first-order chi connectivity index (χ1) is 10.3. The summed E-state index contributed by atoms with van der Waals surface area (Å²) < 4.78 is 13.9. The largest absolute Gasteiger partial charge is 0.207 e. The number of halogens is 1. The topological polar surface area (TPSA) is 0 Å². The van der Waals surface area contributed by atoms with Gasteiger partial charge in [0, 0.05) is 0 Å². The minimum atomic E-state index is 0.00408. The van der Waals surface area contributed by atoms with Crippen LogP contribution in [0, 0.1) is 23.6 Å².